The highest BCUT2D eigenvalue weighted by Crippen LogP contribution is 2.20. The number of rotatable bonds is 3. The summed E-state index contributed by atoms with van der Waals surface area (Å²) in [6.07, 6.45) is 0. The van der Waals surface area contributed by atoms with Crippen molar-refractivity contribution in [1.29, 1.82) is 0 Å². The van der Waals surface area contributed by atoms with Crippen molar-refractivity contribution in [2.75, 3.05) is 12.4 Å². The molecular weight excluding hydrogens is 342 g/mol. The lowest BCUT2D eigenvalue weighted by atomic mass is 10.1. The van der Waals surface area contributed by atoms with Crippen LogP contribution in [0.3, 0.4) is 0 Å². The average Bonchev–Trinajstić information content (AvgIpc) is 2.85. The summed E-state index contributed by atoms with van der Waals surface area (Å²) in [6.45, 7) is 1.89. The number of nitrogens with zero attached hydrogens (tertiary/aromatic N) is 1. The van der Waals surface area contributed by atoms with Crippen molar-refractivity contribution in [1.82, 2.24) is 10.3 Å². The molecule has 2 aromatic rings. The molecule has 0 aliphatic heterocycles. The molecule has 1 aromatic heterocycles. The van der Waals surface area contributed by atoms with Crippen LogP contribution >= 0.6 is 27.3 Å². The predicted octanol–water partition coefficient (Wildman–Crippen LogP) is 2.83. The summed E-state index contributed by atoms with van der Waals surface area (Å²) in [5, 5.41) is 6.91. The maximum Gasteiger partial charge on any atom is 0.275 e. The first-order valence-electron chi connectivity index (χ1n) is 5.76. The van der Waals surface area contributed by atoms with Gasteiger partial charge in [-0.1, -0.05) is 6.07 Å². The number of hydrogen-bond donors (Lipinski definition) is 2. The van der Waals surface area contributed by atoms with Crippen LogP contribution in [0.1, 0.15) is 26.4 Å². The molecule has 1 heterocycles. The highest BCUT2D eigenvalue weighted by molar-refractivity contribution is 9.11. The topological polar surface area (TPSA) is 71.1 Å². The van der Waals surface area contributed by atoms with Crippen LogP contribution in [0.5, 0.6) is 0 Å². The molecule has 0 unspecified atom stereocenters. The van der Waals surface area contributed by atoms with Gasteiger partial charge in [-0.2, -0.15) is 0 Å². The molecule has 0 aliphatic carbocycles. The van der Waals surface area contributed by atoms with E-state index in [0.717, 1.165) is 5.56 Å². The molecule has 0 bridgehead atoms. The summed E-state index contributed by atoms with van der Waals surface area (Å²) in [5.74, 6) is -0.595. The summed E-state index contributed by atoms with van der Waals surface area (Å²) < 4.78 is 0.637. The number of hydrogen-bond acceptors (Lipinski definition) is 4. The summed E-state index contributed by atoms with van der Waals surface area (Å²) in [4.78, 5) is 27.9. The molecule has 0 spiro atoms. The zero-order valence-corrected chi connectivity index (χ0v) is 13.3. The molecule has 2 amide bonds. The maximum atomic E-state index is 12.1. The van der Waals surface area contributed by atoms with E-state index in [1.165, 1.54) is 11.3 Å². The summed E-state index contributed by atoms with van der Waals surface area (Å²) >= 11 is 4.54. The van der Waals surface area contributed by atoms with Crippen molar-refractivity contribution in [3.05, 3.63) is 44.3 Å². The van der Waals surface area contributed by atoms with E-state index < -0.39 is 0 Å². The first-order valence-corrected chi connectivity index (χ1v) is 7.43. The fourth-order valence-corrected chi connectivity index (χ4v) is 2.63. The molecule has 104 valence electrons. The van der Waals surface area contributed by atoms with Gasteiger partial charge in [-0.25, -0.2) is 4.98 Å². The number of aromatic nitrogens is 1. The zero-order valence-electron chi connectivity index (χ0n) is 10.9. The second-order valence-corrected chi connectivity index (χ2v) is 6.20. The van der Waals surface area contributed by atoms with Crippen LogP contribution < -0.4 is 10.6 Å². The lowest BCUT2D eigenvalue weighted by molar-refractivity contribution is 0.0964. The van der Waals surface area contributed by atoms with Crippen molar-refractivity contribution in [2.45, 2.75) is 6.92 Å². The zero-order chi connectivity index (χ0) is 14.7. The molecule has 20 heavy (non-hydrogen) atoms. The fourth-order valence-electron chi connectivity index (χ4n) is 1.64. The van der Waals surface area contributed by atoms with Crippen molar-refractivity contribution in [2.24, 2.45) is 0 Å². The van der Waals surface area contributed by atoms with E-state index in [2.05, 4.69) is 31.5 Å². The smallest absolute Gasteiger partial charge is 0.275 e. The molecule has 2 rings (SSSR count). The standard InChI is InChI=1S/C13H12BrN3O2S/c1-7-3-4-8(11(18)15-2)9(5-7)16-12(19)10-6-20-13(14)17-10/h3-6H,1-2H3,(H,15,18)(H,16,19). The molecular formula is C13H12BrN3O2S. The number of thiazole rings is 1. The minimum atomic E-state index is -0.345. The number of benzene rings is 1. The summed E-state index contributed by atoms with van der Waals surface area (Å²) in [6, 6.07) is 5.25. The highest BCUT2D eigenvalue weighted by atomic mass is 79.9. The fraction of sp³-hybridized carbons (Fsp3) is 0.154. The number of amides is 2. The van der Waals surface area contributed by atoms with Crippen molar-refractivity contribution < 1.29 is 9.59 Å². The Labute approximate surface area is 128 Å². The highest BCUT2D eigenvalue weighted by Gasteiger charge is 2.15. The lowest BCUT2D eigenvalue weighted by Crippen LogP contribution is -2.21. The van der Waals surface area contributed by atoms with Gasteiger partial charge in [0.25, 0.3) is 11.8 Å². The van der Waals surface area contributed by atoms with Crippen LogP contribution in [0, 0.1) is 6.92 Å². The average molecular weight is 354 g/mol. The van der Waals surface area contributed by atoms with Gasteiger partial charge in [-0.3, -0.25) is 9.59 Å². The van der Waals surface area contributed by atoms with Gasteiger partial charge >= 0.3 is 0 Å². The van der Waals surface area contributed by atoms with Crippen LogP contribution in [0.2, 0.25) is 0 Å². The van der Waals surface area contributed by atoms with Crippen LogP contribution in [0.4, 0.5) is 5.69 Å². The van der Waals surface area contributed by atoms with Crippen LogP contribution in [0.25, 0.3) is 0 Å². The number of nitrogens with one attached hydrogen (secondary N) is 2. The van der Waals surface area contributed by atoms with Crippen molar-refractivity contribution >= 4 is 44.8 Å². The number of carbonyl (C=O) groups is 2. The molecule has 0 radical (unpaired) electrons. The monoisotopic (exact) mass is 353 g/mol. The largest absolute Gasteiger partial charge is 0.355 e. The molecule has 0 aliphatic rings. The third-order valence-corrected chi connectivity index (χ3v) is 3.97. The first kappa shape index (κ1) is 14.7. The van der Waals surface area contributed by atoms with Crippen LogP contribution in [-0.2, 0) is 0 Å². The minimum Gasteiger partial charge on any atom is -0.355 e. The SMILES string of the molecule is CNC(=O)c1ccc(C)cc1NC(=O)c1csc(Br)n1. The third-order valence-electron chi connectivity index (χ3n) is 2.60. The Morgan fingerprint density at radius 2 is 2.05 bits per heavy atom. The molecule has 7 heteroatoms. The van der Waals surface area contributed by atoms with Gasteiger partial charge in [0.2, 0.25) is 0 Å². The number of aryl methyl sites for hydroxylation is 1. The Morgan fingerprint density at radius 3 is 2.65 bits per heavy atom. The Morgan fingerprint density at radius 1 is 1.30 bits per heavy atom. The van der Waals surface area contributed by atoms with Crippen LogP contribution in [-0.4, -0.2) is 23.8 Å². The summed E-state index contributed by atoms with van der Waals surface area (Å²) in [7, 11) is 1.55. The molecule has 5 nitrogen and oxygen atoms in total. The van der Waals surface area contributed by atoms with Gasteiger partial charge in [0.15, 0.2) is 3.92 Å². The number of halogens is 1. The Bertz CT molecular complexity index is 669. The second-order valence-electron chi connectivity index (χ2n) is 4.07. The Kier molecular flexibility index (Phi) is 4.51. The quantitative estimate of drug-likeness (QED) is 0.891. The van der Waals surface area contributed by atoms with E-state index in [1.807, 2.05) is 13.0 Å². The predicted molar refractivity (Wildman–Crippen MR) is 82.3 cm³/mol. The molecule has 1 aromatic carbocycles. The van der Waals surface area contributed by atoms with E-state index in [9.17, 15) is 9.59 Å². The lowest BCUT2D eigenvalue weighted by Gasteiger charge is -2.10. The molecule has 0 saturated heterocycles. The molecule has 0 saturated carbocycles. The van der Waals surface area contributed by atoms with Gasteiger partial charge in [-0.05, 0) is 40.5 Å². The van der Waals surface area contributed by atoms with E-state index in [-0.39, 0.29) is 11.8 Å². The van der Waals surface area contributed by atoms with E-state index in [1.54, 1.807) is 24.6 Å². The molecule has 0 atom stereocenters. The Hall–Kier alpha value is -1.73. The minimum absolute atomic E-state index is 0.250. The Balaban J connectivity index is 2.30. The summed E-state index contributed by atoms with van der Waals surface area (Å²) in [5.41, 5.74) is 2.15. The van der Waals surface area contributed by atoms with Gasteiger partial charge < -0.3 is 10.6 Å². The molecule has 0 fully saturated rings. The van der Waals surface area contributed by atoms with E-state index >= 15 is 0 Å². The number of anilines is 1. The van der Waals surface area contributed by atoms with E-state index in [4.69, 9.17) is 0 Å². The van der Waals surface area contributed by atoms with Crippen molar-refractivity contribution in [3.8, 4) is 0 Å². The first-order chi connectivity index (χ1) is 9.51. The number of carbonyl (C=O) groups excluding carboxylic acids is 2. The second kappa shape index (κ2) is 6.15. The van der Waals surface area contributed by atoms with Gasteiger partial charge in [0, 0.05) is 12.4 Å². The van der Waals surface area contributed by atoms with Gasteiger partial charge in [0.05, 0.1) is 11.3 Å². The van der Waals surface area contributed by atoms with Gasteiger partial charge in [-0.15, -0.1) is 11.3 Å². The normalized spacial score (nSPS) is 10.2. The van der Waals surface area contributed by atoms with Crippen molar-refractivity contribution in [3.63, 3.8) is 0 Å². The third kappa shape index (κ3) is 3.23. The molecule has 2 N–H and O–H groups in total. The van der Waals surface area contributed by atoms with E-state index in [0.29, 0.717) is 20.9 Å². The van der Waals surface area contributed by atoms with Gasteiger partial charge in [0.1, 0.15) is 5.69 Å². The van der Waals surface area contributed by atoms with Crippen LogP contribution in [0.15, 0.2) is 27.5 Å². The maximum absolute atomic E-state index is 12.1.